The van der Waals surface area contributed by atoms with E-state index in [1.165, 1.54) is 18.2 Å². The Morgan fingerprint density at radius 3 is 2.57 bits per heavy atom. The second-order valence-electron chi connectivity index (χ2n) is 4.74. The van der Waals surface area contributed by atoms with Crippen molar-refractivity contribution in [3.63, 3.8) is 0 Å². The molecule has 0 aromatic heterocycles. The summed E-state index contributed by atoms with van der Waals surface area (Å²) in [6.45, 7) is 2.00. The molecule has 0 spiro atoms. The minimum atomic E-state index is -0.823. The number of benzene rings is 2. The molecule has 0 bridgehead atoms. The monoisotopic (exact) mass is 287 g/mol. The molecule has 1 N–H and O–H groups in total. The van der Waals surface area contributed by atoms with Crippen LogP contribution in [0.4, 0.5) is 5.69 Å². The maximum absolute atomic E-state index is 10.8. The molecule has 1 unspecified atom stereocenters. The first-order valence-electron chi connectivity index (χ1n) is 6.71. The number of nitro benzene ring substituents is 1. The van der Waals surface area contributed by atoms with E-state index in [0.717, 1.165) is 12.0 Å². The van der Waals surface area contributed by atoms with Gasteiger partial charge in [0.25, 0.3) is 5.69 Å². The van der Waals surface area contributed by atoms with E-state index in [-0.39, 0.29) is 5.69 Å². The number of nitrogens with zero attached hydrogens (tertiary/aromatic N) is 1. The number of rotatable bonds is 6. The van der Waals surface area contributed by atoms with Gasteiger partial charge in [-0.2, -0.15) is 0 Å². The molecule has 0 radical (unpaired) electrons. The molecule has 110 valence electrons. The van der Waals surface area contributed by atoms with Crippen molar-refractivity contribution in [3.8, 4) is 5.75 Å². The van der Waals surface area contributed by atoms with Gasteiger partial charge in [0, 0.05) is 24.1 Å². The summed E-state index contributed by atoms with van der Waals surface area (Å²) in [7, 11) is 0. The highest BCUT2D eigenvalue weighted by Gasteiger charge is 2.15. The lowest BCUT2D eigenvalue weighted by Gasteiger charge is -2.13. The third-order valence-corrected chi connectivity index (χ3v) is 3.15. The molecule has 0 aliphatic heterocycles. The summed E-state index contributed by atoms with van der Waals surface area (Å²) in [5, 5.41) is 20.5. The van der Waals surface area contributed by atoms with Gasteiger partial charge in [-0.1, -0.05) is 30.3 Å². The Hall–Kier alpha value is -2.40. The highest BCUT2D eigenvalue weighted by molar-refractivity contribution is 5.44. The van der Waals surface area contributed by atoms with Crippen molar-refractivity contribution in [1.29, 1.82) is 0 Å². The summed E-state index contributed by atoms with van der Waals surface area (Å²) in [5.74, 6) is 0.478. The largest absolute Gasteiger partial charge is 0.493 e. The Kier molecular flexibility index (Phi) is 4.90. The summed E-state index contributed by atoms with van der Waals surface area (Å²) in [6, 6.07) is 14.2. The van der Waals surface area contributed by atoms with Gasteiger partial charge in [0.15, 0.2) is 0 Å². The van der Waals surface area contributed by atoms with Crippen LogP contribution in [0.2, 0.25) is 0 Å². The van der Waals surface area contributed by atoms with Crippen molar-refractivity contribution in [2.24, 2.45) is 0 Å². The van der Waals surface area contributed by atoms with E-state index in [1.807, 2.05) is 30.3 Å². The molecule has 5 nitrogen and oxygen atoms in total. The average Bonchev–Trinajstić information content (AvgIpc) is 2.48. The third kappa shape index (κ3) is 4.03. The van der Waals surface area contributed by atoms with Crippen LogP contribution >= 0.6 is 0 Å². The maximum Gasteiger partial charge on any atom is 0.270 e. The smallest absolute Gasteiger partial charge is 0.270 e. The summed E-state index contributed by atoms with van der Waals surface area (Å²) >= 11 is 0. The molecule has 2 rings (SSSR count). The number of non-ortho nitro benzene ring substituents is 1. The number of ether oxygens (including phenoxy) is 1. The predicted octanol–water partition coefficient (Wildman–Crippen LogP) is 3.27. The molecule has 0 saturated carbocycles. The maximum atomic E-state index is 10.8. The van der Waals surface area contributed by atoms with Crippen LogP contribution in [-0.2, 0) is 6.42 Å². The molecule has 0 aliphatic carbocycles. The first-order chi connectivity index (χ1) is 10.1. The van der Waals surface area contributed by atoms with Crippen LogP contribution in [0.15, 0.2) is 48.5 Å². The van der Waals surface area contributed by atoms with E-state index in [4.69, 9.17) is 4.74 Å². The molecule has 1 atom stereocenters. The molecular formula is C16H17NO4. The number of aliphatic hydroxyl groups excluding tert-OH is 1. The first kappa shape index (κ1) is 15.0. The van der Waals surface area contributed by atoms with Crippen LogP contribution < -0.4 is 4.74 Å². The Bertz CT molecular complexity index is 611. The standard InChI is InChI=1S/C16H17NO4/c1-12(18)15-11-14(17(19)20)7-8-16(15)21-10-9-13-5-3-2-4-6-13/h2-8,11-12,18H,9-10H2,1H3. The number of hydrogen-bond acceptors (Lipinski definition) is 4. The number of nitro groups is 1. The van der Waals surface area contributed by atoms with Gasteiger partial charge in [-0.15, -0.1) is 0 Å². The van der Waals surface area contributed by atoms with Crippen LogP contribution in [0, 0.1) is 10.1 Å². The van der Waals surface area contributed by atoms with E-state index in [1.54, 1.807) is 6.92 Å². The Balaban J connectivity index is 2.07. The molecule has 2 aromatic carbocycles. The molecule has 0 heterocycles. The quantitative estimate of drug-likeness (QED) is 0.653. The molecule has 0 saturated heterocycles. The second kappa shape index (κ2) is 6.85. The Labute approximate surface area is 123 Å². The zero-order valence-electron chi connectivity index (χ0n) is 11.7. The third-order valence-electron chi connectivity index (χ3n) is 3.15. The van der Waals surface area contributed by atoms with Gasteiger partial charge in [-0.25, -0.2) is 0 Å². The Morgan fingerprint density at radius 1 is 1.24 bits per heavy atom. The van der Waals surface area contributed by atoms with Gasteiger partial charge in [0.2, 0.25) is 0 Å². The summed E-state index contributed by atoms with van der Waals surface area (Å²) < 4.78 is 5.65. The zero-order chi connectivity index (χ0) is 15.2. The number of aliphatic hydroxyl groups is 1. The van der Waals surface area contributed by atoms with Crippen molar-refractivity contribution in [1.82, 2.24) is 0 Å². The molecule has 0 amide bonds. The fourth-order valence-corrected chi connectivity index (χ4v) is 2.03. The van der Waals surface area contributed by atoms with Crippen LogP contribution in [0.1, 0.15) is 24.2 Å². The van der Waals surface area contributed by atoms with Crippen LogP contribution in [0.3, 0.4) is 0 Å². The van der Waals surface area contributed by atoms with E-state index >= 15 is 0 Å². The van der Waals surface area contributed by atoms with Crippen molar-refractivity contribution in [2.75, 3.05) is 6.61 Å². The zero-order valence-corrected chi connectivity index (χ0v) is 11.7. The van der Waals surface area contributed by atoms with Crippen molar-refractivity contribution in [3.05, 3.63) is 69.8 Å². The van der Waals surface area contributed by atoms with E-state index < -0.39 is 11.0 Å². The van der Waals surface area contributed by atoms with Gasteiger partial charge < -0.3 is 9.84 Å². The van der Waals surface area contributed by atoms with Gasteiger partial charge in [-0.3, -0.25) is 10.1 Å². The SMILES string of the molecule is CC(O)c1cc([N+](=O)[O-])ccc1OCCc1ccccc1. The molecule has 0 fully saturated rings. The first-order valence-corrected chi connectivity index (χ1v) is 6.71. The lowest BCUT2D eigenvalue weighted by atomic mass is 10.1. The van der Waals surface area contributed by atoms with Gasteiger partial charge in [0.05, 0.1) is 17.6 Å². The number of hydrogen-bond donors (Lipinski definition) is 1. The van der Waals surface area contributed by atoms with Crippen LogP contribution in [0.25, 0.3) is 0 Å². The highest BCUT2D eigenvalue weighted by Crippen LogP contribution is 2.29. The predicted molar refractivity (Wildman–Crippen MR) is 79.4 cm³/mol. The second-order valence-corrected chi connectivity index (χ2v) is 4.74. The van der Waals surface area contributed by atoms with Crippen LogP contribution in [-0.4, -0.2) is 16.6 Å². The molecule has 2 aromatic rings. The molecule has 0 aliphatic rings. The fourth-order valence-electron chi connectivity index (χ4n) is 2.03. The average molecular weight is 287 g/mol. The molecule has 5 heteroatoms. The van der Waals surface area contributed by atoms with Gasteiger partial charge in [0.1, 0.15) is 5.75 Å². The summed E-state index contributed by atoms with van der Waals surface area (Å²) in [5.41, 5.74) is 1.52. The fraction of sp³-hybridized carbons (Fsp3) is 0.250. The highest BCUT2D eigenvalue weighted by atomic mass is 16.6. The van der Waals surface area contributed by atoms with E-state index in [9.17, 15) is 15.2 Å². The lowest BCUT2D eigenvalue weighted by molar-refractivity contribution is -0.385. The van der Waals surface area contributed by atoms with Crippen molar-refractivity contribution >= 4 is 5.69 Å². The topological polar surface area (TPSA) is 72.6 Å². The van der Waals surface area contributed by atoms with E-state index in [2.05, 4.69) is 0 Å². The van der Waals surface area contributed by atoms with Gasteiger partial charge >= 0.3 is 0 Å². The minimum Gasteiger partial charge on any atom is -0.493 e. The normalized spacial score (nSPS) is 11.9. The minimum absolute atomic E-state index is 0.0543. The molecular weight excluding hydrogens is 270 g/mol. The van der Waals surface area contributed by atoms with Crippen molar-refractivity contribution in [2.45, 2.75) is 19.4 Å². The van der Waals surface area contributed by atoms with Crippen molar-refractivity contribution < 1.29 is 14.8 Å². The lowest BCUT2D eigenvalue weighted by Crippen LogP contribution is -2.05. The van der Waals surface area contributed by atoms with E-state index in [0.29, 0.717) is 17.9 Å². The summed E-state index contributed by atoms with van der Waals surface area (Å²) in [6.07, 6.45) is -0.0894. The Morgan fingerprint density at radius 2 is 1.95 bits per heavy atom. The summed E-state index contributed by atoms with van der Waals surface area (Å²) in [4.78, 5) is 10.3. The van der Waals surface area contributed by atoms with Gasteiger partial charge in [-0.05, 0) is 18.6 Å². The van der Waals surface area contributed by atoms with Crippen LogP contribution in [0.5, 0.6) is 5.75 Å². The molecule has 21 heavy (non-hydrogen) atoms.